The summed E-state index contributed by atoms with van der Waals surface area (Å²) < 4.78 is 1.89. The Morgan fingerprint density at radius 1 is 1.59 bits per heavy atom. The number of carbonyl (C=O) groups excluding carboxylic acids is 1. The van der Waals surface area contributed by atoms with Crippen LogP contribution in [0.4, 0.5) is 0 Å². The third-order valence-corrected chi connectivity index (χ3v) is 4.73. The first-order valence-electron chi connectivity index (χ1n) is 7.84. The number of alkyl halides is 1. The number of hydrogen-bond donors (Lipinski definition) is 0. The highest BCUT2D eigenvalue weighted by Gasteiger charge is 2.27. The van der Waals surface area contributed by atoms with Crippen LogP contribution in [0.25, 0.3) is 0 Å². The third-order valence-electron chi connectivity index (χ3n) is 4.50. The van der Waals surface area contributed by atoms with Gasteiger partial charge in [-0.05, 0) is 38.2 Å². The lowest BCUT2D eigenvalue weighted by molar-refractivity contribution is -0.131. The van der Waals surface area contributed by atoms with Gasteiger partial charge >= 0.3 is 0 Å². The van der Waals surface area contributed by atoms with E-state index in [0.717, 1.165) is 5.69 Å². The van der Waals surface area contributed by atoms with Gasteiger partial charge in [0.05, 0.1) is 18.4 Å². The zero-order valence-electron chi connectivity index (χ0n) is 13.6. The van der Waals surface area contributed by atoms with Crippen molar-refractivity contribution in [3.05, 3.63) is 17.5 Å². The summed E-state index contributed by atoms with van der Waals surface area (Å²) in [6.45, 7) is 4.39. The second-order valence-corrected chi connectivity index (χ2v) is 6.20. The van der Waals surface area contributed by atoms with Crippen LogP contribution in [0.15, 0.2) is 6.20 Å². The molecule has 2 rings (SSSR count). The van der Waals surface area contributed by atoms with Crippen molar-refractivity contribution < 1.29 is 4.79 Å². The number of amides is 1. The van der Waals surface area contributed by atoms with Crippen LogP contribution in [-0.4, -0.2) is 32.5 Å². The zero-order chi connectivity index (χ0) is 16.1. The van der Waals surface area contributed by atoms with E-state index in [2.05, 4.69) is 16.9 Å². The standard InChI is InChI=1S/C17H24ClN3O/c1-4-5-7-13(2)21(17(22)10-18)12-16-15(11-19-20(16)3)14-8-6-9-14/h11,13-14H,6-10,12H2,1-3H3. The molecule has 1 aliphatic carbocycles. The molecule has 0 spiro atoms. The molecule has 1 aromatic heterocycles. The monoisotopic (exact) mass is 321 g/mol. The quantitative estimate of drug-likeness (QED) is 0.596. The predicted molar refractivity (Wildman–Crippen MR) is 88.6 cm³/mol. The largest absolute Gasteiger partial charge is 0.332 e. The fraction of sp³-hybridized carbons (Fsp3) is 0.647. The molecule has 1 unspecified atom stereocenters. The molecule has 1 aromatic rings. The predicted octanol–water partition coefficient (Wildman–Crippen LogP) is 3.06. The highest BCUT2D eigenvalue weighted by atomic mass is 35.5. The minimum atomic E-state index is -0.0483. The van der Waals surface area contributed by atoms with Crippen LogP contribution in [0.5, 0.6) is 0 Å². The molecule has 0 aliphatic heterocycles. The van der Waals surface area contributed by atoms with Crippen molar-refractivity contribution in [1.82, 2.24) is 14.7 Å². The summed E-state index contributed by atoms with van der Waals surface area (Å²) in [5.41, 5.74) is 2.41. The summed E-state index contributed by atoms with van der Waals surface area (Å²) in [6.07, 6.45) is 6.35. The minimum Gasteiger partial charge on any atom is -0.332 e. The maximum atomic E-state index is 12.2. The SMILES string of the molecule is CC#CCC(C)N(Cc1c(C2CCC2)cnn1C)C(=O)CCl. The Bertz CT molecular complexity index is 580. The average molecular weight is 322 g/mol. The van der Waals surface area contributed by atoms with Gasteiger partial charge in [0, 0.05) is 19.5 Å². The smallest absolute Gasteiger partial charge is 0.238 e. The van der Waals surface area contributed by atoms with Gasteiger partial charge in [0.25, 0.3) is 0 Å². The first-order valence-corrected chi connectivity index (χ1v) is 8.37. The van der Waals surface area contributed by atoms with Crippen LogP contribution in [-0.2, 0) is 18.4 Å². The summed E-state index contributed by atoms with van der Waals surface area (Å²) in [4.78, 5) is 14.1. The van der Waals surface area contributed by atoms with E-state index in [9.17, 15) is 4.79 Å². The van der Waals surface area contributed by atoms with Crippen LogP contribution >= 0.6 is 11.6 Å². The lowest BCUT2D eigenvalue weighted by Crippen LogP contribution is -2.39. The number of hydrogen-bond acceptors (Lipinski definition) is 2. The van der Waals surface area contributed by atoms with Crippen molar-refractivity contribution in [3.63, 3.8) is 0 Å². The number of aromatic nitrogens is 2. The van der Waals surface area contributed by atoms with E-state index in [1.807, 2.05) is 36.7 Å². The molecule has 0 N–H and O–H groups in total. The zero-order valence-corrected chi connectivity index (χ0v) is 14.4. The van der Waals surface area contributed by atoms with Gasteiger partial charge in [0.2, 0.25) is 5.91 Å². The lowest BCUT2D eigenvalue weighted by atomic mass is 9.80. The van der Waals surface area contributed by atoms with Gasteiger partial charge in [0.15, 0.2) is 0 Å². The van der Waals surface area contributed by atoms with Gasteiger partial charge in [-0.3, -0.25) is 9.48 Å². The van der Waals surface area contributed by atoms with Crippen LogP contribution in [0.2, 0.25) is 0 Å². The molecule has 22 heavy (non-hydrogen) atoms. The van der Waals surface area contributed by atoms with E-state index in [1.54, 1.807) is 0 Å². The first kappa shape index (κ1) is 16.9. The molecule has 1 fully saturated rings. The van der Waals surface area contributed by atoms with Crippen LogP contribution in [0.3, 0.4) is 0 Å². The molecule has 1 aliphatic rings. The highest BCUT2D eigenvalue weighted by Crippen LogP contribution is 2.38. The molecule has 120 valence electrons. The van der Waals surface area contributed by atoms with E-state index in [0.29, 0.717) is 18.9 Å². The summed E-state index contributed by atoms with van der Waals surface area (Å²) in [5, 5.41) is 4.40. The molecular formula is C17H24ClN3O. The highest BCUT2D eigenvalue weighted by molar-refractivity contribution is 6.27. The normalized spacial score (nSPS) is 15.6. The van der Waals surface area contributed by atoms with E-state index < -0.39 is 0 Å². The van der Waals surface area contributed by atoms with E-state index >= 15 is 0 Å². The van der Waals surface area contributed by atoms with Crippen LogP contribution < -0.4 is 0 Å². The van der Waals surface area contributed by atoms with Gasteiger partial charge in [-0.2, -0.15) is 5.10 Å². The van der Waals surface area contributed by atoms with Crippen molar-refractivity contribution in [2.24, 2.45) is 7.05 Å². The number of halogens is 1. The maximum absolute atomic E-state index is 12.2. The molecule has 5 heteroatoms. The molecule has 4 nitrogen and oxygen atoms in total. The lowest BCUT2D eigenvalue weighted by Gasteiger charge is -2.30. The van der Waals surface area contributed by atoms with Crippen molar-refractivity contribution in [2.45, 2.75) is 58.0 Å². The van der Waals surface area contributed by atoms with Gasteiger partial charge in [-0.25, -0.2) is 0 Å². The average Bonchev–Trinajstić information content (AvgIpc) is 2.80. The van der Waals surface area contributed by atoms with E-state index in [4.69, 9.17) is 11.6 Å². The fourth-order valence-electron chi connectivity index (χ4n) is 2.82. The van der Waals surface area contributed by atoms with Crippen LogP contribution in [0.1, 0.15) is 56.7 Å². The molecular weight excluding hydrogens is 298 g/mol. The number of carbonyl (C=O) groups is 1. The molecule has 1 heterocycles. The number of aryl methyl sites for hydroxylation is 1. The Kier molecular flexibility index (Phi) is 5.90. The third kappa shape index (κ3) is 3.64. The second kappa shape index (κ2) is 7.69. The van der Waals surface area contributed by atoms with Crippen LogP contribution in [0, 0.1) is 11.8 Å². The number of nitrogens with zero attached hydrogens (tertiary/aromatic N) is 3. The summed E-state index contributed by atoms with van der Waals surface area (Å²) in [6, 6.07) is 0.0443. The summed E-state index contributed by atoms with van der Waals surface area (Å²) >= 11 is 5.80. The van der Waals surface area contributed by atoms with E-state index in [-0.39, 0.29) is 17.8 Å². The van der Waals surface area contributed by atoms with Crippen molar-refractivity contribution >= 4 is 17.5 Å². The topological polar surface area (TPSA) is 38.1 Å². The molecule has 1 saturated carbocycles. The molecule has 0 bridgehead atoms. The Labute approximate surface area is 137 Å². The molecule has 1 amide bonds. The Hall–Kier alpha value is -1.47. The summed E-state index contributed by atoms with van der Waals surface area (Å²) in [5.74, 6) is 6.49. The van der Waals surface area contributed by atoms with Gasteiger partial charge in [0.1, 0.15) is 5.88 Å². The first-order chi connectivity index (χ1) is 10.6. The Morgan fingerprint density at radius 3 is 2.86 bits per heavy atom. The van der Waals surface area contributed by atoms with Gasteiger partial charge in [-0.1, -0.05) is 6.42 Å². The minimum absolute atomic E-state index is 0.000503. The Morgan fingerprint density at radius 2 is 2.32 bits per heavy atom. The fourth-order valence-corrected chi connectivity index (χ4v) is 2.98. The van der Waals surface area contributed by atoms with Gasteiger partial charge < -0.3 is 4.90 Å². The van der Waals surface area contributed by atoms with Crippen molar-refractivity contribution in [1.29, 1.82) is 0 Å². The molecule has 1 atom stereocenters. The summed E-state index contributed by atoms with van der Waals surface area (Å²) in [7, 11) is 1.94. The molecule has 0 saturated heterocycles. The molecule has 0 aromatic carbocycles. The maximum Gasteiger partial charge on any atom is 0.238 e. The van der Waals surface area contributed by atoms with Crippen molar-refractivity contribution in [2.75, 3.05) is 5.88 Å². The van der Waals surface area contributed by atoms with E-state index in [1.165, 1.54) is 24.8 Å². The van der Waals surface area contributed by atoms with Crippen molar-refractivity contribution in [3.8, 4) is 11.8 Å². The second-order valence-electron chi connectivity index (χ2n) is 5.93. The van der Waals surface area contributed by atoms with Gasteiger partial charge in [-0.15, -0.1) is 23.4 Å². The molecule has 0 radical (unpaired) electrons. The Balaban J connectivity index is 2.20. The number of rotatable bonds is 6.